The predicted molar refractivity (Wildman–Crippen MR) is 116 cm³/mol. The van der Waals surface area contributed by atoms with Gasteiger partial charge in [-0.3, -0.25) is 4.79 Å². The Bertz CT molecular complexity index is 921. The fourth-order valence-electron chi connectivity index (χ4n) is 3.91. The molecule has 1 aliphatic rings. The maximum Gasteiger partial charge on any atom is 0.261 e. The van der Waals surface area contributed by atoms with E-state index in [1.165, 1.54) is 25.9 Å². The van der Waals surface area contributed by atoms with Crippen LogP contribution in [0.2, 0.25) is 0 Å². The first-order chi connectivity index (χ1) is 14.8. The molecular formula is C24H29N4O2+. The number of hydrogen-bond donors (Lipinski definition) is 1. The second-order valence-electron chi connectivity index (χ2n) is 7.69. The molecule has 3 aromatic rings. The van der Waals surface area contributed by atoms with Crippen LogP contribution in [-0.2, 0) is 11.3 Å². The molecule has 4 rings (SSSR count). The van der Waals surface area contributed by atoms with Crippen LogP contribution < -0.4 is 9.64 Å². The minimum absolute atomic E-state index is 0.00161. The van der Waals surface area contributed by atoms with E-state index >= 15 is 0 Å². The van der Waals surface area contributed by atoms with E-state index in [4.69, 9.17) is 4.74 Å². The van der Waals surface area contributed by atoms with E-state index in [1.807, 2.05) is 76.3 Å². The third kappa shape index (κ3) is 5.27. The highest BCUT2D eigenvalue weighted by molar-refractivity contribution is 5.77. The number of quaternary nitrogens is 1. The number of hydrogen-bond acceptors (Lipinski definition) is 3. The van der Waals surface area contributed by atoms with E-state index in [0.29, 0.717) is 18.8 Å². The summed E-state index contributed by atoms with van der Waals surface area (Å²) in [5.74, 6) is 0.712. The molecule has 1 amide bonds. The molecule has 2 aromatic carbocycles. The zero-order valence-corrected chi connectivity index (χ0v) is 17.2. The molecule has 30 heavy (non-hydrogen) atoms. The number of benzene rings is 2. The number of carbonyl (C=O) groups is 1. The van der Waals surface area contributed by atoms with Crippen molar-refractivity contribution in [2.75, 3.05) is 32.8 Å². The van der Waals surface area contributed by atoms with E-state index in [2.05, 4.69) is 5.10 Å². The lowest BCUT2D eigenvalue weighted by molar-refractivity contribution is -0.886. The van der Waals surface area contributed by atoms with Gasteiger partial charge in [-0.2, -0.15) is 5.10 Å². The van der Waals surface area contributed by atoms with Gasteiger partial charge in [0.1, 0.15) is 5.75 Å². The Morgan fingerprint density at radius 2 is 1.70 bits per heavy atom. The number of para-hydroxylation sites is 2. The van der Waals surface area contributed by atoms with Crippen molar-refractivity contribution in [1.29, 1.82) is 0 Å². The topological polar surface area (TPSA) is 51.8 Å². The summed E-state index contributed by atoms with van der Waals surface area (Å²) in [6, 6.07) is 21.5. The lowest BCUT2D eigenvalue weighted by Crippen LogP contribution is -3.10. The van der Waals surface area contributed by atoms with Crippen LogP contribution in [0.4, 0.5) is 0 Å². The maximum absolute atomic E-state index is 13.1. The first-order valence-corrected chi connectivity index (χ1v) is 10.7. The molecule has 0 aliphatic carbocycles. The molecule has 6 heteroatoms. The zero-order valence-electron chi connectivity index (χ0n) is 17.2. The highest BCUT2D eigenvalue weighted by Gasteiger charge is 2.21. The first-order valence-electron chi connectivity index (χ1n) is 10.7. The largest absolute Gasteiger partial charge is 0.484 e. The molecule has 0 unspecified atom stereocenters. The quantitative estimate of drug-likeness (QED) is 0.592. The maximum atomic E-state index is 13.1. The fraction of sp³-hybridized carbons (Fsp3) is 0.333. The van der Waals surface area contributed by atoms with Crippen molar-refractivity contribution in [2.45, 2.75) is 19.4 Å². The Hall–Kier alpha value is -3.12. The van der Waals surface area contributed by atoms with E-state index in [0.717, 1.165) is 17.9 Å². The summed E-state index contributed by atoms with van der Waals surface area (Å²) < 4.78 is 7.64. The van der Waals surface area contributed by atoms with Crippen molar-refractivity contribution in [2.24, 2.45) is 0 Å². The van der Waals surface area contributed by atoms with E-state index in [9.17, 15) is 4.79 Å². The predicted octanol–water partition coefficient (Wildman–Crippen LogP) is 1.96. The van der Waals surface area contributed by atoms with Gasteiger partial charge in [-0.15, -0.1) is 0 Å². The summed E-state index contributed by atoms with van der Waals surface area (Å²) in [4.78, 5) is 16.5. The summed E-state index contributed by atoms with van der Waals surface area (Å²) in [6.07, 6.45) is 4.35. The number of likely N-dealkylation sites (tertiary alicyclic amines) is 1. The molecule has 0 saturated carbocycles. The Morgan fingerprint density at radius 3 is 2.43 bits per heavy atom. The van der Waals surface area contributed by atoms with Crippen molar-refractivity contribution in [3.63, 3.8) is 0 Å². The lowest BCUT2D eigenvalue weighted by Gasteiger charge is -2.24. The second kappa shape index (κ2) is 10.1. The molecule has 0 bridgehead atoms. The minimum atomic E-state index is -0.00161. The minimum Gasteiger partial charge on any atom is -0.484 e. The van der Waals surface area contributed by atoms with Crippen molar-refractivity contribution in [1.82, 2.24) is 14.7 Å². The van der Waals surface area contributed by atoms with Crippen LogP contribution >= 0.6 is 0 Å². The van der Waals surface area contributed by atoms with E-state index < -0.39 is 0 Å². The molecule has 156 valence electrons. The van der Waals surface area contributed by atoms with Crippen LogP contribution in [-0.4, -0.2) is 53.4 Å². The number of nitrogens with zero attached hydrogens (tertiary/aromatic N) is 3. The molecule has 1 fully saturated rings. The summed E-state index contributed by atoms with van der Waals surface area (Å²) in [7, 11) is 0. The standard InChI is InChI=1S/C24H28N4O2/c29-24(20-30-23-11-5-2-6-12-23)27(18-17-26-15-7-8-16-26)19-22-13-14-25-28(22)21-9-3-1-4-10-21/h1-6,9-14H,7-8,15-20H2/p+1. The van der Waals surface area contributed by atoms with Gasteiger partial charge in [0.05, 0.1) is 44.1 Å². The summed E-state index contributed by atoms with van der Waals surface area (Å²) in [5, 5.41) is 4.47. The first kappa shape index (κ1) is 20.2. The zero-order chi connectivity index (χ0) is 20.6. The molecule has 1 N–H and O–H groups in total. The average molecular weight is 406 g/mol. The van der Waals surface area contributed by atoms with Crippen molar-refractivity contribution in [3.05, 3.63) is 78.6 Å². The Labute approximate surface area is 177 Å². The summed E-state index contributed by atoms with van der Waals surface area (Å²) >= 11 is 0. The normalized spacial score (nSPS) is 14.0. The number of carbonyl (C=O) groups excluding carboxylic acids is 1. The number of nitrogens with one attached hydrogen (secondary N) is 1. The van der Waals surface area contributed by atoms with Crippen molar-refractivity contribution in [3.8, 4) is 11.4 Å². The molecule has 6 nitrogen and oxygen atoms in total. The average Bonchev–Trinajstić information content (AvgIpc) is 3.48. The highest BCUT2D eigenvalue weighted by Crippen LogP contribution is 2.13. The van der Waals surface area contributed by atoms with Gasteiger partial charge in [-0.25, -0.2) is 4.68 Å². The Morgan fingerprint density at radius 1 is 1.00 bits per heavy atom. The van der Waals surface area contributed by atoms with Gasteiger partial charge in [0.15, 0.2) is 6.61 Å². The van der Waals surface area contributed by atoms with E-state index in [1.54, 1.807) is 11.1 Å². The highest BCUT2D eigenvalue weighted by atomic mass is 16.5. The molecule has 1 saturated heterocycles. The molecule has 1 aromatic heterocycles. The summed E-state index contributed by atoms with van der Waals surface area (Å²) in [6.45, 7) is 4.63. The smallest absolute Gasteiger partial charge is 0.261 e. The number of amides is 1. The third-order valence-corrected chi connectivity index (χ3v) is 5.58. The second-order valence-corrected chi connectivity index (χ2v) is 7.69. The van der Waals surface area contributed by atoms with Gasteiger partial charge in [0.2, 0.25) is 0 Å². The van der Waals surface area contributed by atoms with Crippen LogP contribution in [0.5, 0.6) is 5.75 Å². The van der Waals surface area contributed by atoms with Crippen molar-refractivity contribution < 1.29 is 14.4 Å². The van der Waals surface area contributed by atoms with Crippen LogP contribution in [0.25, 0.3) is 5.69 Å². The van der Waals surface area contributed by atoms with E-state index in [-0.39, 0.29) is 12.5 Å². The van der Waals surface area contributed by atoms with Gasteiger partial charge in [-0.1, -0.05) is 36.4 Å². The Kier molecular flexibility index (Phi) is 6.77. The molecule has 0 atom stereocenters. The molecular weight excluding hydrogens is 376 g/mol. The van der Waals surface area contributed by atoms with Crippen LogP contribution in [0.15, 0.2) is 72.9 Å². The number of aromatic nitrogens is 2. The van der Waals surface area contributed by atoms with Crippen LogP contribution in [0.3, 0.4) is 0 Å². The lowest BCUT2D eigenvalue weighted by atomic mass is 10.3. The van der Waals surface area contributed by atoms with Crippen LogP contribution in [0, 0.1) is 0 Å². The number of rotatable bonds is 9. The third-order valence-electron chi connectivity index (χ3n) is 5.58. The van der Waals surface area contributed by atoms with Gasteiger partial charge >= 0.3 is 0 Å². The number of ether oxygens (including phenoxy) is 1. The fourth-order valence-corrected chi connectivity index (χ4v) is 3.91. The molecule has 2 heterocycles. The molecule has 1 aliphatic heterocycles. The van der Waals surface area contributed by atoms with Gasteiger partial charge < -0.3 is 14.5 Å². The molecule has 0 spiro atoms. The van der Waals surface area contributed by atoms with Crippen LogP contribution in [0.1, 0.15) is 18.5 Å². The van der Waals surface area contributed by atoms with Gasteiger partial charge in [-0.05, 0) is 30.3 Å². The molecule has 0 radical (unpaired) electrons. The van der Waals surface area contributed by atoms with Gasteiger partial charge in [0.25, 0.3) is 5.91 Å². The summed E-state index contributed by atoms with van der Waals surface area (Å²) in [5.41, 5.74) is 1.99. The Balaban J connectivity index is 1.46. The SMILES string of the molecule is O=C(COc1ccccc1)N(CC[NH+]1CCCC1)Cc1ccnn1-c1ccccc1. The monoisotopic (exact) mass is 405 g/mol. The van der Waals surface area contributed by atoms with Crippen molar-refractivity contribution >= 4 is 5.91 Å². The van der Waals surface area contributed by atoms with Gasteiger partial charge in [0, 0.05) is 19.0 Å².